The SMILES string of the molecule is CCCCC[C@H](O)CC[C@@H]1CCC(=O)N1CCCCCCC(=O)O. The summed E-state index contributed by atoms with van der Waals surface area (Å²) >= 11 is 0. The summed E-state index contributed by atoms with van der Waals surface area (Å²) in [6.07, 6.45) is 11.1. The zero-order valence-corrected chi connectivity index (χ0v) is 15.2. The fourth-order valence-electron chi connectivity index (χ4n) is 3.47. The van der Waals surface area contributed by atoms with Crippen molar-refractivity contribution in [2.75, 3.05) is 6.54 Å². The highest BCUT2D eigenvalue weighted by atomic mass is 16.4. The van der Waals surface area contributed by atoms with Crippen LogP contribution in [0.2, 0.25) is 0 Å². The van der Waals surface area contributed by atoms with Crippen LogP contribution in [0.15, 0.2) is 0 Å². The first-order valence-corrected chi connectivity index (χ1v) is 9.74. The lowest BCUT2D eigenvalue weighted by molar-refractivity contribution is -0.137. The molecule has 1 aliphatic rings. The molecule has 0 aromatic carbocycles. The molecule has 5 heteroatoms. The van der Waals surface area contributed by atoms with Crippen LogP contribution < -0.4 is 0 Å². The number of aliphatic hydroxyl groups is 1. The average molecular weight is 341 g/mol. The van der Waals surface area contributed by atoms with Gasteiger partial charge in [-0.2, -0.15) is 0 Å². The summed E-state index contributed by atoms with van der Waals surface area (Å²) in [5.41, 5.74) is 0. The fraction of sp³-hybridized carbons (Fsp3) is 0.895. The van der Waals surface area contributed by atoms with Gasteiger partial charge in [0.2, 0.25) is 5.91 Å². The summed E-state index contributed by atoms with van der Waals surface area (Å²) < 4.78 is 0. The van der Waals surface area contributed by atoms with Crippen molar-refractivity contribution in [3.63, 3.8) is 0 Å². The van der Waals surface area contributed by atoms with Crippen LogP contribution in [-0.4, -0.2) is 45.7 Å². The van der Waals surface area contributed by atoms with Crippen molar-refractivity contribution in [3.8, 4) is 0 Å². The van der Waals surface area contributed by atoms with Gasteiger partial charge in [0.05, 0.1) is 6.10 Å². The van der Waals surface area contributed by atoms with E-state index in [0.717, 1.165) is 64.3 Å². The molecule has 2 N–H and O–H groups in total. The number of carboxylic acids is 1. The molecule has 1 heterocycles. The Morgan fingerprint density at radius 2 is 1.92 bits per heavy atom. The van der Waals surface area contributed by atoms with E-state index in [1.54, 1.807) is 0 Å². The molecule has 0 spiro atoms. The van der Waals surface area contributed by atoms with Gasteiger partial charge in [-0.1, -0.05) is 39.0 Å². The average Bonchev–Trinajstić information content (AvgIpc) is 2.89. The molecule has 0 unspecified atom stereocenters. The second-order valence-electron chi connectivity index (χ2n) is 7.06. The number of rotatable bonds is 14. The Bertz CT molecular complexity index is 372. The van der Waals surface area contributed by atoms with Crippen LogP contribution >= 0.6 is 0 Å². The Morgan fingerprint density at radius 3 is 2.62 bits per heavy atom. The number of nitrogens with zero attached hydrogens (tertiary/aromatic N) is 1. The number of carboxylic acid groups (broad SMARTS) is 1. The van der Waals surface area contributed by atoms with Crippen molar-refractivity contribution >= 4 is 11.9 Å². The summed E-state index contributed by atoms with van der Waals surface area (Å²) in [4.78, 5) is 24.5. The van der Waals surface area contributed by atoms with Crippen LogP contribution in [0.25, 0.3) is 0 Å². The number of hydrogen-bond donors (Lipinski definition) is 2. The van der Waals surface area contributed by atoms with E-state index >= 15 is 0 Å². The molecule has 1 amide bonds. The summed E-state index contributed by atoms with van der Waals surface area (Å²) in [6.45, 7) is 2.94. The van der Waals surface area contributed by atoms with Gasteiger partial charge in [-0.25, -0.2) is 0 Å². The van der Waals surface area contributed by atoms with Crippen LogP contribution in [0.4, 0.5) is 0 Å². The smallest absolute Gasteiger partial charge is 0.303 e. The zero-order chi connectivity index (χ0) is 17.8. The standard InChI is InChI=1S/C19H35NO4/c1-2-3-6-9-17(21)13-11-16-12-14-18(22)20(16)15-8-5-4-7-10-19(23)24/h16-17,21H,2-15H2,1H3,(H,23,24)/t16-,17+/m1/s1. The lowest BCUT2D eigenvalue weighted by atomic mass is 10.0. The van der Waals surface area contributed by atoms with Gasteiger partial charge >= 0.3 is 5.97 Å². The molecule has 0 aromatic heterocycles. The normalized spacial score (nSPS) is 19.0. The van der Waals surface area contributed by atoms with Crippen molar-refractivity contribution in [3.05, 3.63) is 0 Å². The summed E-state index contributed by atoms with van der Waals surface area (Å²) in [7, 11) is 0. The number of carbonyl (C=O) groups is 2. The summed E-state index contributed by atoms with van der Waals surface area (Å²) in [5, 5.41) is 18.7. The molecule has 1 fully saturated rings. The predicted molar refractivity (Wildman–Crippen MR) is 94.8 cm³/mol. The topological polar surface area (TPSA) is 77.8 Å². The molecule has 1 saturated heterocycles. The summed E-state index contributed by atoms with van der Waals surface area (Å²) in [5.74, 6) is -0.492. The number of aliphatic hydroxyl groups excluding tert-OH is 1. The van der Waals surface area contributed by atoms with E-state index in [1.807, 2.05) is 4.90 Å². The maximum absolute atomic E-state index is 12.0. The van der Waals surface area contributed by atoms with Crippen molar-refractivity contribution in [2.45, 2.75) is 103 Å². The first-order chi connectivity index (χ1) is 11.5. The largest absolute Gasteiger partial charge is 0.481 e. The van der Waals surface area contributed by atoms with Gasteiger partial charge in [0.15, 0.2) is 0 Å². The van der Waals surface area contributed by atoms with Crippen LogP contribution in [-0.2, 0) is 9.59 Å². The molecule has 140 valence electrons. The molecule has 2 atom stereocenters. The first kappa shape index (κ1) is 20.9. The predicted octanol–water partition coefficient (Wildman–Crippen LogP) is 3.73. The molecule has 0 aromatic rings. The molecule has 0 bridgehead atoms. The highest BCUT2D eigenvalue weighted by molar-refractivity contribution is 5.78. The Balaban J connectivity index is 2.19. The molecule has 1 aliphatic heterocycles. The van der Waals surface area contributed by atoms with E-state index in [9.17, 15) is 14.7 Å². The van der Waals surface area contributed by atoms with E-state index in [4.69, 9.17) is 5.11 Å². The van der Waals surface area contributed by atoms with Gasteiger partial charge < -0.3 is 15.1 Å². The number of unbranched alkanes of at least 4 members (excludes halogenated alkanes) is 5. The van der Waals surface area contributed by atoms with Gasteiger partial charge in [-0.05, 0) is 38.5 Å². The summed E-state index contributed by atoms with van der Waals surface area (Å²) in [6, 6.07) is 0.289. The molecule has 1 rings (SSSR count). The molecule has 5 nitrogen and oxygen atoms in total. The molecular weight excluding hydrogens is 306 g/mol. The zero-order valence-electron chi connectivity index (χ0n) is 15.2. The molecule has 0 aliphatic carbocycles. The lowest BCUT2D eigenvalue weighted by Gasteiger charge is -2.25. The third-order valence-corrected chi connectivity index (χ3v) is 4.97. The quantitative estimate of drug-likeness (QED) is 0.472. The van der Waals surface area contributed by atoms with E-state index < -0.39 is 5.97 Å². The molecule has 0 saturated carbocycles. The highest BCUT2D eigenvalue weighted by Crippen LogP contribution is 2.24. The van der Waals surface area contributed by atoms with Crippen LogP contribution in [0.5, 0.6) is 0 Å². The van der Waals surface area contributed by atoms with E-state index in [1.165, 1.54) is 12.8 Å². The van der Waals surface area contributed by atoms with Gasteiger partial charge in [0, 0.05) is 25.4 Å². The van der Waals surface area contributed by atoms with Crippen molar-refractivity contribution in [2.24, 2.45) is 0 Å². The van der Waals surface area contributed by atoms with E-state index in [2.05, 4.69) is 6.92 Å². The van der Waals surface area contributed by atoms with Crippen LogP contribution in [0.3, 0.4) is 0 Å². The Morgan fingerprint density at radius 1 is 1.17 bits per heavy atom. The van der Waals surface area contributed by atoms with Gasteiger partial charge in [-0.3, -0.25) is 9.59 Å². The Kier molecular flexibility index (Phi) is 10.7. The lowest BCUT2D eigenvalue weighted by Crippen LogP contribution is -2.34. The molecule has 24 heavy (non-hydrogen) atoms. The number of likely N-dealkylation sites (tertiary alicyclic amines) is 1. The van der Waals surface area contributed by atoms with Crippen molar-refractivity contribution in [1.82, 2.24) is 4.90 Å². The number of amides is 1. The van der Waals surface area contributed by atoms with Crippen molar-refractivity contribution in [1.29, 1.82) is 0 Å². The van der Waals surface area contributed by atoms with Gasteiger partial charge in [0.1, 0.15) is 0 Å². The minimum absolute atomic E-state index is 0.231. The second-order valence-corrected chi connectivity index (χ2v) is 7.06. The van der Waals surface area contributed by atoms with Crippen molar-refractivity contribution < 1.29 is 19.8 Å². The Hall–Kier alpha value is -1.10. The fourth-order valence-corrected chi connectivity index (χ4v) is 3.47. The molecule has 0 radical (unpaired) electrons. The monoisotopic (exact) mass is 341 g/mol. The Labute approximate surface area is 146 Å². The highest BCUT2D eigenvalue weighted by Gasteiger charge is 2.30. The second kappa shape index (κ2) is 12.3. The first-order valence-electron chi connectivity index (χ1n) is 9.74. The number of aliphatic carboxylic acids is 1. The van der Waals surface area contributed by atoms with E-state index in [0.29, 0.717) is 6.42 Å². The minimum Gasteiger partial charge on any atom is -0.481 e. The third-order valence-electron chi connectivity index (χ3n) is 4.97. The minimum atomic E-state index is -0.734. The van der Waals surface area contributed by atoms with Gasteiger partial charge in [0.25, 0.3) is 0 Å². The maximum atomic E-state index is 12.0. The van der Waals surface area contributed by atoms with Gasteiger partial charge in [-0.15, -0.1) is 0 Å². The maximum Gasteiger partial charge on any atom is 0.303 e. The van der Waals surface area contributed by atoms with E-state index in [-0.39, 0.29) is 24.5 Å². The van der Waals surface area contributed by atoms with Crippen LogP contribution in [0.1, 0.15) is 90.4 Å². The van der Waals surface area contributed by atoms with Crippen LogP contribution in [0, 0.1) is 0 Å². The third kappa shape index (κ3) is 8.67. The number of hydrogen-bond acceptors (Lipinski definition) is 3. The molecular formula is C19H35NO4. The number of carbonyl (C=O) groups excluding carboxylic acids is 1.